The van der Waals surface area contributed by atoms with Crippen molar-refractivity contribution in [3.63, 3.8) is 0 Å². The van der Waals surface area contributed by atoms with E-state index in [4.69, 9.17) is 28.3 Å². The number of hydrogen-bond acceptors (Lipinski definition) is 4. The molecule has 1 N–H and O–H groups in total. The summed E-state index contributed by atoms with van der Waals surface area (Å²) in [6.07, 6.45) is 0. The number of hydrogen-bond donors (Lipinski definition) is 1. The van der Waals surface area contributed by atoms with Gasteiger partial charge < -0.3 is 14.6 Å². The van der Waals surface area contributed by atoms with Crippen molar-refractivity contribution >= 4 is 35.0 Å². The minimum absolute atomic E-state index is 0.167. The largest absolute Gasteiger partial charge is 0.466 e. The lowest BCUT2D eigenvalue weighted by atomic mass is 10.6. The van der Waals surface area contributed by atoms with Gasteiger partial charge in [-0.1, -0.05) is 0 Å². The number of Topliss-reactive ketones (excluding diaryl/α,β-unsaturated/α-hetero) is 1. The molecular formula is C9H20Cl2O4. The van der Waals surface area contributed by atoms with E-state index in [0.717, 1.165) is 7.11 Å². The van der Waals surface area contributed by atoms with Crippen molar-refractivity contribution in [1.82, 2.24) is 0 Å². The number of aliphatic hydroxyl groups excluding tert-OH is 1. The Morgan fingerprint density at radius 2 is 1.33 bits per heavy atom. The molecular weight excluding hydrogens is 243 g/mol. The third-order valence-corrected chi connectivity index (χ3v) is 0.348. The first kappa shape index (κ1) is 24.1. The molecule has 0 radical (unpaired) electrons. The number of carbonyl (C=O) groups is 2. The standard InChI is InChI=1S/C4H8O2.C3H6O.CH2Cl2.CH4O/c1-3-6-4(2)5;1-3(2)4;2-1-3;1-2/h3H2,1-2H3;1-2H3;1H2;2H,1H3. The minimum atomic E-state index is -0.211. The lowest BCUT2D eigenvalue weighted by Crippen LogP contribution is -1.95. The predicted molar refractivity (Wildman–Crippen MR) is 63.4 cm³/mol. The van der Waals surface area contributed by atoms with Gasteiger partial charge in [0.15, 0.2) is 0 Å². The van der Waals surface area contributed by atoms with Crippen LogP contribution >= 0.6 is 23.2 Å². The Hall–Kier alpha value is -0.320. The second-order valence-corrected chi connectivity index (χ2v) is 2.74. The molecule has 0 bridgehead atoms. The van der Waals surface area contributed by atoms with E-state index in [1.807, 2.05) is 0 Å². The Morgan fingerprint density at radius 3 is 1.33 bits per heavy atom. The summed E-state index contributed by atoms with van der Waals surface area (Å²) in [6, 6.07) is 0. The van der Waals surface area contributed by atoms with Gasteiger partial charge in [-0.05, 0) is 20.8 Å². The van der Waals surface area contributed by atoms with E-state index in [0.29, 0.717) is 6.61 Å². The summed E-state index contributed by atoms with van der Waals surface area (Å²) in [6.45, 7) is 6.71. The maximum Gasteiger partial charge on any atom is 0.302 e. The first-order valence-corrected chi connectivity index (χ1v) is 5.16. The molecule has 0 aromatic rings. The Morgan fingerprint density at radius 1 is 1.13 bits per heavy atom. The lowest BCUT2D eigenvalue weighted by Gasteiger charge is -1.89. The molecule has 0 aliphatic rings. The average Bonchev–Trinajstić information content (AvgIpc) is 2.07. The van der Waals surface area contributed by atoms with Gasteiger partial charge in [-0.15, -0.1) is 23.2 Å². The summed E-state index contributed by atoms with van der Waals surface area (Å²) in [5, 5.41) is 7.19. The van der Waals surface area contributed by atoms with Gasteiger partial charge >= 0.3 is 5.97 Å². The van der Waals surface area contributed by atoms with Gasteiger partial charge in [0.2, 0.25) is 0 Å². The fourth-order valence-electron chi connectivity index (χ4n) is 0.203. The van der Waals surface area contributed by atoms with Crippen LogP contribution < -0.4 is 0 Å². The van der Waals surface area contributed by atoms with Crippen LogP contribution in [0.25, 0.3) is 0 Å². The number of carbonyl (C=O) groups excluding carboxylic acids is 2. The number of alkyl halides is 2. The van der Waals surface area contributed by atoms with E-state index in [-0.39, 0.29) is 17.1 Å². The van der Waals surface area contributed by atoms with Crippen molar-refractivity contribution < 1.29 is 19.4 Å². The van der Waals surface area contributed by atoms with E-state index in [1.165, 1.54) is 20.8 Å². The second kappa shape index (κ2) is 29.2. The number of ketones is 1. The van der Waals surface area contributed by atoms with Crippen LogP contribution in [-0.4, -0.2) is 35.9 Å². The highest BCUT2D eigenvalue weighted by molar-refractivity contribution is 6.40. The van der Waals surface area contributed by atoms with Crippen molar-refractivity contribution in [2.75, 3.05) is 19.1 Å². The average molecular weight is 263 g/mol. The highest BCUT2D eigenvalue weighted by atomic mass is 35.5. The van der Waals surface area contributed by atoms with Crippen molar-refractivity contribution in [3.8, 4) is 0 Å². The highest BCUT2D eigenvalue weighted by Crippen LogP contribution is 1.73. The highest BCUT2D eigenvalue weighted by Gasteiger charge is 1.81. The molecule has 15 heavy (non-hydrogen) atoms. The molecule has 0 fully saturated rings. The van der Waals surface area contributed by atoms with Crippen LogP contribution in [-0.2, 0) is 14.3 Å². The number of ether oxygens (including phenoxy) is 1. The zero-order valence-corrected chi connectivity index (χ0v) is 11.4. The van der Waals surface area contributed by atoms with E-state index in [9.17, 15) is 9.59 Å². The van der Waals surface area contributed by atoms with Gasteiger partial charge in [0.1, 0.15) is 5.78 Å². The molecule has 0 atom stereocenters. The predicted octanol–water partition coefficient (Wildman–Crippen LogP) is 2.19. The smallest absolute Gasteiger partial charge is 0.302 e. The van der Waals surface area contributed by atoms with Crippen LogP contribution in [0.3, 0.4) is 0 Å². The molecule has 94 valence electrons. The zero-order valence-electron chi connectivity index (χ0n) is 9.84. The summed E-state index contributed by atoms with van der Waals surface area (Å²) in [7, 11) is 1.00. The van der Waals surface area contributed by atoms with Crippen molar-refractivity contribution in [2.24, 2.45) is 0 Å². The summed E-state index contributed by atoms with van der Waals surface area (Å²) in [5.74, 6) is -0.0440. The quantitative estimate of drug-likeness (QED) is 0.581. The van der Waals surface area contributed by atoms with Crippen LogP contribution in [0.5, 0.6) is 0 Å². The van der Waals surface area contributed by atoms with Gasteiger partial charge in [0.25, 0.3) is 0 Å². The van der Waals surface area contributed by atoms with E-state index in [2.05, 4.69) is 4.74 Å². The molecule has 0 amide bonds. The molecule has 0 saturated carbocycles. The van der Waals surface area contributed by atoms with Crippen LogP contribution in [0, 0.1) is 0 Å². The normalized spacial score (nSPS) is 6.40. The molecule has 0 heterocycles. The zero-order chi connectivity index (χ0) is 13.3. The van der Waals surface area contributed by atoms with E-state index in [1.54, 1.807) is 6.92 Å². The monoisotopic (exact) mass is 262 g/mol. The number of esters is 1. The molecule has 0 aromatic heterocycles. The van der Waals surface area contributed by atoms with Gasteiger partial charge in [0, 0.05) is 14.0 Å². The van der Waals surface area contributed by atoms with Crippen LogP contribution in [0.4, 0.5) is 0 Å². The maximum absolute atomic E-state index is 9.82. The Bertz CT molecular complexity index is 125. The number of rotatable bonds is 1. The van der Waals surface area contributed by atoms with E-state index < -0.39 is 0 Å². The van der Waals surface area contributed by atoms with Crippen molar-refractivity contribution in [1.29, 1.82) is 0 Å². The third kappa shape index (κ3) is 260. The van der Waals surface area contributed by atoms with Crippen LogP contribution in [0.15, 0.2) is 0 Å². The fraction of sp³-hybridized carbons (Fsp3) is 0.778. The van der Waals surface area contributed by atoms with Gasteiger partial charge in [-0.2, -0.15) is 0 Å². The molecule has 0 aliphatic carbocycles. The number of halogens is 2. The number of aliphatic hydroxyl groups is 1. The molecule has 0 rings (SSSR count). The fourth-order valence-corrected chi connectivity index (χ4v) is 0.203. The lowest BCUT2D eigenvalue weighted by molar-refractivity contribution is -0.140. The Labute approximate surface area is 102 Å². The summed E-state index contributed by atoms with van der Waals surface area (Å²) < 4.78 is 4.40. The summed E-state index contributed by atoms with van der Waals surface area (Å²) >= 11 is 9.53. The Balaban J connectivity index is -0.0000000590. The van der Waals surface area contributed by atoms with E-state index >= 15 is 0 Å². The van der Waals surface area contributed by atoms with Gasteiger partial charge in [0.05, 0.1) is 11.9 Å². The topological polar surface area (TPSA) is 63.6 Å². The molecule has 0 aromatic carbocycles. The molecule has 0 spiro atoms. The maximum atomic E-state index is 9.82. The minimum Gasteiger partial charge on any atom is -0.466 e. The molecule has 0 saturated heterocycles. The van der Waals surface area contributed by atoms with Crippen LogP contribution in [0.1, 0.15) is 27.7 Å². The van der Waals surface area contributed by atoms with Crippen molar-refractivity contribution in [2.45, 2.75) is 27.7 Å². The summed E-state index contributed by atoms with van der Waals surface area (Å²) in [5.41, 5.74) is 0. The molecule has 4 nitrogen and oxygen atoms in total. The molecule has 6 heteroatoms. The second-order valence-electron chi connectivity index (χ2n) is 1.93. The summed E-state index contributed by atoms with van der Waals surface area (Å²) in [4.78, 5) is 19.3. The third-order valence-electron chi connectivity index (χ3n) is 0.348. The molecule has 0 aliphatic heterocycles. The van der Waals surface area contributed by atoms with Crippen LogP contribution in [0.2, 0.25) is 0 Å². The SMILES string of the molecule is CC(C)=O.CCOC(C)=O.CO.ClCCl. The van der Waals surface area contributed by atoms with Gasteiger partial charge in [-0.25, -0.2) is 0 Å². The first-order chi connectivity index (χ1) is 6.92. The molecule has 0 unspecified atom stereocenters. The first-order valence-electron chi connectivity index (χ1n) is 4.09. The van der Waals surface area contributed by atoms with Gasteiger partial charge in [-0.3, -0.25) is 4.79 Å². The van der Waals surface area contributed by atoms with Crippen molar-refractivity contribution in [3.05, 3.63) is 0 Å². The Kier molecular flexibility index (Phi) is 46.9.